The van der Waals surface area contributed by atoms with Gasteiger partial charge in [-0.25, -0.2) is 0 Å². The summed E-state index contributed by atoms with van der Waals surface area (Å²) in [5, 5.41) is 12.5. The van der Waals surface area contributed by atoms with Gasteiger partial charge in [0, 0.05) is 17.8 Å². The Morgan fingerprint density at radius 3 is 2.90 bits per heavy atom. The lowest BCUT2D eigenvalue weighted by atomic mass is 10.1. The Bertz CT molecular complexity index is 1270. The van der Waals surface area contributed by atoms with Gasteiger partial charge in [0.2, 0.25) is 5.88 Å². The Labute approximate surface area is 177 Å². The number of carbonyl (C=O) groups is 1. The quantitative estimate of drug-likeness (QED) is 0.373. The summed E-state index contributed by atoms with van der Waals surface area (Å²) in [6.07, 6.45) is 4.20. The summed E-state index contributed by atoms with van der Waals surface area (Å²) in [6, 6.07) is 11.9. The van der Waals surface area contributed by atoms with Crippen LogP contribution in [0.3, 0.4) is 0 Å². The Morgan fingerprint density at radius 2 is 2.20 bits per heavy atom. The van der Waals surface area contributed by atoms with Gasteiger partial charge in [0.25, 0.3) is 11.5 Å². The second kappa shape index (κ2) is 9.07. The zero-order valence-corrected chi connectivity index (χ0v) is 16.8. The first kappa shape index (κ1) is 20.8. The van der Waals surface area contributed by atoms with Crippen molar-refractivity contribution in [1.29, 1.82) is 5.26 Å². The van der Waals surface area contributed by atoms with Gasteiger partial charge in [-0.15, -0.1) is 6.58 Å². The van der Waals surface area contributed by atoms with Gasteiger partial charge in [0.15, 0.2) is 0 Å². The van der Waals surface area contributed by atoms with Gasteiger partial charge in [0.1, 0.15) is 28.6 Å². The summed E-state index contributed by atoms with van der Waals surface area (Å²) in [7, 11) is 0. The molecule has 0 radical (unpaired) electrons. The van der Waals surface area contributed by atoms with Gasteiger partial charge < -0.3 is 10.1 Å². The molecule has 3 aromatic rings. The number of nitriles is 1. The maximum absolute atomic E-state index is 13.1. The molecule has 1 aromatic carbocycles. The van der Waals surface area contributed by atoms with E-state index in [2.05, 4.69) is 16.9 Å². The number of pyridine rings is 1. The van der Waals surface area contributed by atoms with E-state index < -0.39 is 11.5 Å². The zero-order valence-electron chi connectivity index (χ0n) is 16.1. The van der Waals surface area contributed by atoms with E-state index in [0.717, 1.165) is 5.56 Å². The van der Waals surface area contributed by atoms with Crippen LogP contribution in [0.15, 0.2) is 65.6 Å². The van der Waals surface area contributed by atoms with Crippen LogP contribution in [0, 0.1) is 18.3 Å². The minimum Gasteiger partial charge on any atom is -0.438 e. The predicted octanol–water partition coefficient (Wildman–Crippen LogP) is 3.66. The van der Waals surface area contributed by atoms with Gasteiger partial charge >= 0.3 is 0 Å². The third-order valence-electron chi connectivity index (χ3n) is 4.14. The smallest absolute Gasteiger partial charge is 0.269 e. The topological polar surface area (TPSA) is 96.5 Å². The largest absolute Gasteiger partial charge is 0.438 e. The number of halogens is 1. The number of aryl methyl sites for hydroxylation is 1. The standard InChI is InChI=1S/C22H17ClN4O3/c1-3-9-25-20(28)15(13-24)12-17-21(30-16-7-8-18(23)14(2)11-16)26-19-6-4-5-10-27(19)22(17)29/h3-8,10-12H,1,9H2,2H3,(H,25,28). The Hall–Kier alpha value is -3.89. The van der Waals surface area contributed by atoms with E-state index in [4.69, 9.17) is 16.3 Å². The van der Waals surface area contributed by atoms with E-state index in [1.54, 1.807) is 42.6 Å². The second-order valence-corrected chi connectivity index (χ2v) is 6.65. The van der Waals surface area contributed by atoms with Gasteiger partial charge in [-0.2, -0.15) is 10.2 Å². The number of carbonyl (C=O) groups excluding carboxylic acids is 1. The highest BCUT2D eigenvalue weighted by atomic mass is 35.5. The molecule has 0 aliphatic carbocycles. The highest BCUT2D eigenvalue weighted by Crippen LogP contribution is 2.27. The molecule has 7 nitrogen and oxygen atoms in total. The lowest BCUT2D eigenvalue weighted by Gasteiger charge is -2.11. The number of benzene rings is 1. The van der Waals surface area contributed by atoms with E-state index in [-0.39, 0.29) is 23.6 Å². The van der Waals surface area contributed by atoms with Gasteiger partial charge in [-0.3, -0.25) is 14.0 Å². The van der Waals surface area contributed by atoms with E-state index in [0.29, 0.717) is 16.4 Å². The molecule has 0 saturated carbocycles. The van der Waals surface area contributed by atoms with Gasteiger partial charge in [0.05, 0.1) is 0 Å². The van der Waals surface area contributed by atoms with E-state index >= 15 is 0 Å². The highest BCUT2D eigenvalue weighted by Gasteiger charge is 2.17. The molecule has 0 bridgehead atoms. The molecule has 0 unspecified atom stereocenters. The van der Waals surface area contributed by atoms with Crippen LogP contribution < -0.4 is 15.6 Å². The van der Waals surface area contributed by atoms with Crippen molar-refractivity contribution in [2.75, 3.05) is 6.54 Å². The Balaban J connectivity index is 2.17. The normalized spacial score (nSPS) is 11.0. The van der Waals surface area contributed by atoms with Gasteiger partial charge in [-0.05, 0) is 48.9 Å². The molecule has 150 valence electrons. The van der Waals surface area contributed by atoms with Crippen molar-refractivity contribution < 1.29 is 9.53 Å². The summed E-state index contributed by atoms with van der Waals surface area (Å²) in [6.45, 7) is 5.51. The van der Waals surface area contributed by atoms with Crippen molar-refractivity contribution in [2.45, 2.75) is 6.92 Å². The molecule has 0 fully saturated rings. The van der Waals surface area contributed by atoms with Crippen LogP contribution in [-0.2, 0) is 4.79 Å². The minimum absolute atomic E-state index is 0.0304. The molecule has 1 amide bonds. The fraction of sp³-hybridized carbons (Fsp3) is 0.0909. The molecule has 3 rings (SSSR count). The summed E-state index contributed by atoms with van der Waals surface area (Å²) < 4.78 is 7.16. The first-order chi connectivity index (χ1) is 14.4. The Kier molecular flexibility index (Phi) is 6.30. The van der Waals surface area contributed by atoms with Crippen molar-refractivity contribution in [3.05, 3.63) is 87.3 Å². The lowest BCUT2D eigenvalue weighted by Crippen LogP contribution is -2.25. The van der Waals surface area contributed by atoms with E-state index in [1.165, 1.54) is 16.6 Å². The van der Waals surface area contributed by atoms with Crippen molar-refractivity contribution >= 4 is 29.2 Å². The van der Waals surface area contributed by atoms with E-state index in [9.17, 15) is 14.9 Å². The number of hydrogen-bond acceptors (Lipinski definition) is 5. The highest BCUT2D eigenvalue weighted by molar-refractivity contribution is 6.31. The summed E-state index contributed by atoms with van der Waals surface area (Å²) >= 11 is 6.06. The van der Waals surface area contributed by atoms with Crippen LogP contribution in [0.5, 0.6) is 11.6 Å². The monoisotopic (exact) mass is 420 g/mol. The number of ether oxygens (including phenoxy) is 1. The van der Waals surface area contributed by atoms with Crippen molar-refractivity contribution in [2.24, 2.45) is 0 Å². The maximum Gasteiger partial charge on any atom is 0.269 e. The molecule has 0 aliphatic heterocycles. The molecule has 2 aromatic heterocycles. The second-order valence-electron chi connectivity index (χ2n) is 6.25. The van der Waals surface area contributed by atoms with Crippen molar-refractivity contribution in [3.8, 4) is 17.7 Å². The summed E-state index contributed by atoms with van der Waals surface area (Å²) in [4.78, 5) is 29.7. The first-order valence-electron chi connectivity index (χ1n) is 8.91. The number of aromatic nitrogens is 2. The Morgan fingerprint density at radius 1 is 1.40 bits per heavy atom. The fourth-order valence-electron chi connectivity index (χ4n) is 2.63. The van der Waals surface area contributed by atoms with Crippen molar-refractivity contribution in [3.63, 3.8) is 0 Å². The van der Waals surface area contributed by atoms with Crippen LogP contribution in [0.1, 0.15) is 11.1 Å². The summed E-state index contributed by atoms with van der Waals surface area (Å²) in [5.41, 5.74) is 0.367. The number of amides is 1. The van der Waals surface area contributed by atoms with Gasteiger partial charge in [-0.1, -0.05) is 23.7 Å². The van der Waals surface area contributed by atoms with Crippen LogP contribution in [0.2, 0.25) is 5.02 Å². The molecule has 2 heterocycles. The van der Waals surface area contributed by atoms with Crippen molar-refractivity contribution in [1.82, 2.24) is 14.7 Å². The number of hydrogen-bond donors (Lipinski definition) is 1. The first-order valence-corrected chi connectivity index (χ1v) is 9.28. The molecule has 0 spiro atoms. The van der Waals surface area contributed by atoms with E-state index in [1.807, 2.05) is 13.0 Å². The zero-order chi connectivity index (χ0) is 21.7. The average molecular weight is 421 g/mol. The number of rotatable bonds is 6. The molecular formula is C22H17ClN4O3. The molecule has 0 saturated heterocycles. The SMILES string of the molecule is C=CCNC(=O)C(C#N)=Cc1c(Oc2ccc(Cl)c(C)c2)nc2ccccn2c1=O. The van der Waals surface area contributed by atoms with Crippen LogP contribution in [0.25, 0.3) is 11.7 Å². The third kappa shape index (κ3) is 4.40. The number of fused-ring (bicyclic) bond motifs is 1. The fourth-order valence-corrected chi connectivity index (χ4v) is 2.75. The molecular weight excluding hydrogens is 404 g/mol. The summed E-state index contributed by atoms with van der Waals surface area (Å²) in [5.74, 6) is -0.256. The third-order valence-corrected chi connectivity index (χ3v) is 4.56. The molecule has 0 aliphatic rings. The molecule has 0 atom stereocenters. The van der Waals surface area contributed by atoms with Crippen LogP contribution in [-0.4, -0.2) is 21.8 Å². The predicted molar refractivity (Wildman–Crippen MR) is 115 cm³/mol. The number of nitrogens with zero attached hydrogens (tertiary/aromatic N) is 3. The maximum atomic E-state index is 13.1. The number of nitrogens with one attached hydrogen (secondary N) is 1. The molecule has 30 heavy (non-hydrogen) atoms. The minimum atomic E-state index is -0.636. The molecule has 1 N–H and O–H groups in total. The van der Waals surface area contributed by atoms with Crippen LogP contribution in [0.4, 0.5) is 0 Å². The lowest BCUT2D eigenvalue weighted by molar-refractivity contribution is -0.116. The van der Waals surface area contributed by atoms with Crippen LogP contribution >= 0.6 is 11.6 Å². The average Bonchev–Trinajstić information content (AvgIpc) is 2.74. The molecule has 8 heteroatoms.